The highest BCUT2D eigenvalue weighted by Crippen LogP contribution is 2.39. The van der Waals surface area contributed by atoms with Crippen LogP contribution >= 0.6 is 0 Å². The monoisotopic (exact) mass is 252 g/mol. The highest BCUT2D eigenvalue weighted by Gasteiger charge is 2.49. The summed E-state index contributed by atoms with van der Waals surface area (Å²) in [6, 6.07) is 0. The first-order chi connectivity index (χ1) is 8.28. The molecule has 0 N–H and O–H groups in total. The second kappa shape index (κ2) is 4.49. The van der Waals surface area contributed by atoms with Gasteiger partial charge in [0.05, 0.1) is 39.3 Å². The number of rotatable bonds is 2. The van der Waals surface area contributed by atoms with Crippen LogP contribution in [0.2, 0.25) is 0 Å². The van der Waals surface area contributed by atoms with Crippen LogP contribution in [0.15, 0.2) is 0 Å². The summed E-state index contributed by atoms with van der Waals surface area (Å²) in [5, 5.41) is 0. The molecule has 6 rings (SSSR count). The minimum Gasteiger partial charge on any atom is -0.277 e. The number of nitrogens with zero attached hydrogens (tertiary/aromatic N) is 2. The Balaban J connectivity index is 0.000001000. The summed E-state index contributed by atoms with van der Waals surface area (Å²) in [4.78, 5) is 0. The third-order valence-corrected chi connectivity index (χ3v) is 6.67. The smallest absolute Gasteiger partial charge is 0.207 e. The summed E-state index contributed by atoms with van der Waals surface area (Å²) in [6.45, 7) is 10.6. The molecular formula is C16H32N2+2. The van der Waals surface area contributed by atoms with E-state index in [1.165, 1.54) is 54.9 Å². The van der Waals surface area contributed by atoms with E-state index in [0.29, 0.717) is 0 Å². The molecule has 0 saturated carbocycles. The molecule has 4 bridgehead atoms. The van der Waals surface area contributed by atoms with Gasteiger partial charge in [0.25, 0.3) is 0 Å². The van der Waals surface area contributed by atoms with Gasteiger partial charge in [0.2, 0.25) is 6.67 Å². The fourth-order valence-electron chi connectivity index (χ4n) is 5.34. The molecule has 0 unspecified atom stereocenters. The van der Waals surface area contributed by atoms with Gasteiger partial charge in [-0.3, -0.25) is 8.97 Å². The van der Waals surface area contributed by atoms with Crippen molar-refractivity contribution < 1.29 is 8.97 Å². The van der Waals surface area contributed by atoms with E-state index >= 15 is 0 Å². The fourth-order valence-corrected chi connectivity index (χ4v) is 5.34. The number of hydrogen-bond acceptors (Lipinski definition) is 0. The van der Waals surface area contributed by atoms with Crippen LogP contribution < -0.4 is 0 Å². The molecule has 0 aromatic rings. The topological polar surface area (TPSA) is 0 Å². The number of fused-ring (bicyclic) bond motifs is 6. The van der Waals surface area contributed by atoms with Crippen molar-refractivity contribution in [1.82, 2.24) is 0 Å². The minimum absolute atomic E-state index is 0. The van der Waals surface area contributed by atoms with Gasteiger partial charge in [-0.15, -0.1) is 0 Å². The van der Waals surface area contributed by atoms with Crippen LogP contribution in [0.3, 0.4) is 0 Å². The highest BCUT2D eigenvalue weighted by molar-refractivity contribution is 4.74. The molecule has 0 aromatic carbocycles. The van der Waals surface area contributed by atoms with Crippen LogP contribution in [0, 0.1) is 11.8 Å². The van der Waals surface area contributed by atoms with Crippen LogP contribution in [0.5, 0.6) is 0 Å². The first kappa shape index (κ1) is 12.9. The Hall–Kier alpha value is -0.0800. The van der Waals surface area contributed by atoms with E-state index in [-0.39, 0.29) is 7.43 Å². The molecule has 0 atom stereocenters. The van der Waals surface area contributed by atoms with Crippen molar-refractivity contribution in [3.63, 3.8) is 0 Å². The Morgan fingerprint density at radius 3 is 1.11 bits per heavy atom. The number of piperidine rings is 6. The summed E-state index contributed by atoms with van der Waals surface area (Å²) < 4.78 is 3.03. The first-order valence-corrected chi connectivity index (χ1v) is 7.98. The molecule has 6 aliphatic rings. The summed E-state index contributed by atoms with van der Waals surface area (Å²) in [7, 11) is 0. The zero-order valence-corrected chi connectivity index (χ0v) is 11.2. The van der Waals surface area contributed by atoms with Crippen molar-refractivity contribution in [2.75, 3.05) is 45.9 Å². The van der Waals surface area contributed by atoms with Gasteiger partial charge in [0, 0.05) is 38.5 Å². The highest BCUT2D eigenvalue weighted by atomic mass is 15.5. The van der Waals surface area contributed by atoms with Gasteiger partial charge in [0.15, 0.2) is 0 Å². The third-order valence-electron chi connectivity index (χ3n) is 6.67. The van der Waals surface area contributed by atoms with Crippen LogP contribution in [0.4, 0.5) is 0 Å². The van der Waals surface area contributed by atoms with Crippen LogP contribution in [0.1, 0.15) is 46.0 Å². The normalized spacial score (nSPS) is 50.0. The maximum absolute atomic E-state index is 1.54. The van der Waals surface area contributed by atoms with Crippen molar-refractivity contribution in [2.45, 2.75) is 46.0 Å². The van der Waals surface area contributed by atoms with Crippen LogP contribution in [-0.2, 0) is 0 Å². The molecule has 6 heterocycles. The lowest BCUT2D eigenvalue weighted by atomic mass is 9.84. The van der Waals surface area contributed by atoms with Crippen LogP contribution in [0.25, 0.3) is 0 Å². The molecule has 2 heteroatoms. The average molecular weight is 252 g/mol. The zero-order chi connectivity index (χ0) is 11.3. The lowest BCUT2D eigenvalue weighted by molar-refractivity contribution is -1.11. The second-order valence-corrected chi connectivity index (χ2v) is 7.63. The van der Waals surface area contributed by atoms with E-state index in [2.05, 4.69) is 0 Å². The molecule has 0 spiro atoms. The second-order valence-electron chi connectivity index (χ2n) is 7.63. The molecule has 6 fully saturated rings. The van der Waals surface area contributed by atoms with E-state index in [1.54, 1.807) is 38.5 Å². The van der Waals surface area contributed by atoms with E-state index in [1.807, 2.05) is 0 Å². The summed E-state index contributed by atoms with van der Waals surface area (Å²) in [5.41, 5.74) is 0. The van der Waals surface area contributed by atoms with E-state index < -0.39 is 0 Å². The largest absolute Gasteiger partial charge is 0.277 e. The van der Waals surface area contributed by atoms with Gasteiger partial charge in [-0.25, -0.2) is 0 Å². The van der Waals surface area contributed by atoms with Gasteiger partial charge < -0.3 is 0 Å². The Morgan fingerprint density at radius 2 is 0.833 bits per heavy atom. The minimum atomic E-state index is 0. The SMILES string of the molecule is C.C1C[N+]2(C[N+]34CCC(CC3)CC4)CCC1CC2. The maximum atomic E-state index is 1.54. The zero-order valence-electron chi connectivity index (χ0n) is 11.2. The first-order valence-electron chi connectivity index (χ1n) is 7.98. The van der Waals surface area contributed by atoms with Crippen molar-refractivity contribution in [1.29, 1.82) is 0 Å². The molecule has 104 valence electrons. The fraction of sp³-hybridized carbons (Fsp3) is 1.00. The number of quaternary nitrogens is 2. The molecule has 0 aromatic heterocycles. The van der Waals surface area contributed by atoms with Crippen molar-refractivity contribution in [3.05, 3.63) is 0 Å². The molecule has 18 heavy (non-hydrogen) atoms. The molecule has 6 aliphatic heterocycles. The predicted octanol–water partition coefficient (Wildman–Crippen LogP) is 2.84. The van der Waals surface area contributed by atoms with Gasteiger partial charge >= 0.3 is 0 Å². The Morgan fingerprint density at radius 1 is 0.556 bits per heavy atom. The molecule has 0 amide bonds. The van der Waals surface area contributed by atoms with Gasteiger partial charge in [0.1, 0.15) is 0 Å². The summed E-state index contributed by atoms with van der Waals surface area (Å²) in [5.74, 6) is 2.23. The summed E-state index contributed by atoms with van der Waals surface area (Å²) in [6.07, 6.45) is 9.27. The van der Waals surface area contributed by atoms with Gasteiger partial charge in [-0.2, -0.15) is 0 Å². The lowest BCUT2D eigenvalue weighted by Crippen LogP contribution is -2.70. The van der Waals surface area contributed by atoms with Crippen molar-refractivity contribution in [2.24, 2.45) is 11.8 Å². The van der Waals surface area contributed by atoms with E-state index in [9.17, 15) is 0 Å². The van der Waals surface area contributed by atoms with Crippen molar-refractivity contribution >= 4 is 0 Å². The Kier molecular flexibility index (Phi) is 3.22. The quantitative estimate of drug-likeness (QED) is 0.663. The standard InChI is InChI=1S/C15H28N2.CH4/c1-7-16(8-2-14(1)3-9-16)13-17-10-4-15(5-11-17)6-12-17;/h14-15H,1-13H2;1H4/q+2;. The summed E-state index contributed by atoms with van der Waals surface area (Å²) >= 11 is 0. The molecular weight excluding hydrogens is 220 g/mol. The molecule has 0 aliphatic carbocycles. The molecule has 2 nitrogen and oxygen atoms in total. The van der Waals surface area contributed by atoms with E-state index in [4.69, 9.17) is 0 Å². The van der Waals surface area contributed by atoms with Crippen molar-refractivity contribution in [3.8, 4) is 0 Å². The van der Waals surface area contributed by atoms with Gasteiger partial charge in [-0.1, -0.05) is 7.43 Å². The van der Waals surface area contributed by atoms with Crippen LogP contribution in [-0.4, -0.2) is 54.9 Å². The molecule has 0 radical (unpaired) electrons. The third kappa shape index (κ3) is 2.02. The predicted molar refractivity (Wildman–Crippen MR) is 76.0 cm³/mol. The van der Waals surface area contributed by atoms with E-state index in [0.717, 1.165) is 11.8 Å². The molecule has 6 saturated heterocycles. The average Bonchev–Trinajstić information content (AvgIpc) is 2.42. The Labute approximate surface area is 113 Å². The number of hydrogen-bond donors (Lipinski definition) is 0. The maximum Gasteiger partial charge on any atom is 0.207 e. The Bertz CT molecular complexity index is 239. The lowest BCUT2D eigenvalue weighted by Gasteiger charge is -2.56. The van der Waals surface area contributed by atoms with Gasteiger partial charge in [-0.05, 0) is 11.8 Å².